The van der Waals surface area contributed by atoms with E-state index in [9.17, 15) is 9.59 Å². The molecule has 0 saturated carbocycles. The molecule has 0 radical (unpaired) electrons. The number of H-pyrrole nitrogens is 1. The van der Waals surface area contributed by atoms with Gasteiger partial charge in [-0.3, -0.25) is 9.59 Å². The lowest BCUT2D eigenvalue weighted by atomic mass is 9.92. The summed E-state index contributed by atoms with van der Waals surface area (Å²) in [6, 6.07) is 9.20. The predicted octanol–water partition coefficient (Wildman–Crippen LogP) is 4.13. The van der Waals surface area contributed by atoms with E-state index in [-0.39, 0.29) is 22.4 Å². The van der Waals surface area contributed by atoms with Crippen molar-refractivity contribution < 1.29 is 4.79 Å². The van der Waals surface area contributed by atoms with E-state index in [1.807, 2.05) is 28.9 Å². The minimum atomic E-state index is -0.249. The number of aromatic nitrogens is 4. The maximum Gasteiger partial charge on any atom is 0.258 e. The molecule has 1 aromatic carbocycles. The minimum absolute atomic E-state index is 0.0796. The lowest BCUT2D eigenvalue weighted by Crippen LogP contribution is -2.27. The van der Waals surface area contributed by atoms with Gasteiger partial charge in [0.1, 0.15) is 11.6 Å². The number of para-hydroxylation sites is 1. The molecule has 160 valence electrons. The Morgan fingerprint density at radius 3 is 2.50 bits per heavy atom. The monoisotopic (exact) mass is 409 g/mol. The van der Waals surface area contributed by atoms with Crippen LogP contribution < -0.4 is 10.9 Å². The van der Waals surface area contributed by atoms with Gasteiger partial charge in [0.05, 0.1) is 22.1 Å². The average Bonchev–Trinajstić information content (AvgIpc) is 3.06. The van der Waals surface area contributed by atoms with Crippen LogP contribution in [0.3, 0.4) is 0 Å². The Morgan fingerprint density at radius 1 is 1.13 bits per heavy atom. The summed E-state index contributed by atoms with van der Waals surface area (Å²) in [6.07, 6.45) is 1.44. The number of carbonyl (C=O) groups is 1. The van der Waals surface area contributed by atoms with E-state index in [0.29, 0.717) is 41.8 Å². The molecule has 2 aromatic heterocycles. The first kappa shape index (κ1) is 21.7. The number of nitrogens with zero attached hydrogens (tertiary/aromatic N) is 3. The van der Waals surface area contributed by atoms with Crippen LogP contribution in [0.5, 0.6) is 0 Å². The molecular weight excluding hydrogens is 378 g/mol. The van der Waals surface area contributed by atoms with Gasteiger partial charge in [0.15, 0.2) is 0 Å². The van der Waals surface area contributed by atoms with Crippen molar-refractivity contribution in [2.75, 3.05) is 5.32 Å². The third kappa shape index (κ3) is 4.96. The average molecular weight is 410 g/mol. The van der Waals surface area contributed by atoms with E-state index >= 15 is 0 Å². The van der Waals surface area contributed by atoms with Crippen LogP contribution in [-0.4, -0.2) is 25.7 Å². The highest BCUT2D eigenvalue weighted by Crippen LogP contribution is 2.28. The van der Waals surface area contributed by atoms with Gasteiger partial charge in [0.2, 0.25) is 5.91 Å². The highest BCUT2D eigenvalue weighted by molar-refractivity contribution is 5.90. The normalized spacial score (nSPS) is 12.3. The molecule has 0 spiro atoms. The molecule has 30 heavy (non-hydrogen) atoms. The summed E-state index contributed by atoms with van der Waals surface area (Å²) in [7, 11) is 0. The maximum atomic E-state index is 12.6. The van der Waals surface area contributed by atoms with Gasteiger partial charge in [0.25, 0.3) is 5.56 Å². The zero-order chi connectivity index (χ0) is 22.1. The minimum Gasteiger partial charge on any atom is -0.311 e. The Morgan fingerprint density at radius 2 is 1.83 bits per heavy atom. The number of rotatable bonds is 5. The maximum absolute atomic E-state index is 12.6. The van der Waals surface area contributed by atoms with Gasteiger partial charge in [-0.2, -0.15) is 5.10 Å². The van der Waals surface area contributed by atoms with Gasteiger partial charge in [-0.05, 0) is 39.3 Å². The molecule has 0 unspecified atom stereocenters. The Balaban J connectivity index is 1.67. The highest BCUT2D eigenvalue weighted by Gasteiger charge is 2.25. The van der Waals surface area contributed by atoms with Crippen molar-refractivity contribution >= 4 is 22.6 Å². The third-order valence-corrected chi connectivity index (χ3v) is 4.86. The second-order valence-electron chi connectivity index (χ2n) is 9.68. The number of carbonyl (C=O) groups excluding carboxylic acids is 1. The molecule has 2 N–H and O–H groups in total. The molecule has 0 bridgehead atoms. The summed E-state index contributed by atoms with van der Waals surface area (Å²) in [5, 5.41) is 8.30. The summed E-state index contributed by atoms with van der Waals surface area (Å²) in [6.45, 7) is 12.5. The standard InChI is InChI=1S/C23H31N5O2/c1-22(2,3)17-14-19(28(27-17)23(4,5)6)26-20(29)13-9-12-18-24-16-11-8-7-10-15(16)21(30)25-18/h7-8,10-11,14H,9,12-13H2,1-6H3,(H,26,29)(H,24,25,30). The van der Waals surface area contributed by atoms with Crippen LogP contribution in [-0.2, 0) is 22.2 Å². The van der Waals surface area contributed by atoms with Crippen molar-refractivity contribution in [2.24, 2.45) is 0 Å². The Bertz CT molecular complexity index is 1110. The first-order valence-electron chi connectivity index (χ1n) is 10.3. The topological polar surface area (TPSA) is 92.7 Å². The lowest BCUT2D eigenvalue weighted by molar-refractivity contribution is -0.116. The van der Waals surface area contributed by atoms with Crippen LogP contribution in [0, 0.1) is 0 Å². The molecule has 7 heteroatoms. The number of nitrogens with one attached hydrogen (secondary N) is 2. The van der Waals surface area contributed by atoms with Gasteiger partial charge in [-0.25, -0.2) is 9.67 Å². The largest absolute Gasteiger partial charge is 0.311 e. The van der Waals surface area contributed by atoms with Gasteiger partial charge < -0.3 is 10.3 Å². The van der Waals surface area contributed by atoms with Crippen LogP contribution in [0.15, 0.2) is 35.1 Å². The molecular formula is C23H31N5O2. The van der Waals surface area contributed by atoms with Crippen LogP contribution in [0.1, 0.15) is 65.9 Å². The molecule has 3 rings (SSSR count). The summed E-state index contributed by atoms with van der Waals surface area (Å²) in [5.74, 6) is 1.22. The molecule has 0 fully saturated rings. The SMILES string of the molecule is CC(C)(C)c1cc(NC(=O)CCCc2nc3ccccc3c(=O)[nH]2)n(C(C)(C)C)n1. The zero-order valence-corrected chi connectivity index (χ0v) is 18.7. The van der Waals surface area contributed by atoms with Crippen molar-refractivity contribution in [1.82, 2.24) is 19.7 Å². The van der Waals surface area contributed by atoms with Gasteiger partial charge in [-0.1, -0.05) is 32.9 Å². The molecule has 1 amide bonds. The number of aromatic amines is 1. The molecule has 0 atom stereocenters. The van der Waals surface area contributed by atoms with Gasteiger partial charge in [0, 0.05) is 24.3 Å². The van der Waals surface area contributed by atoms with Gasteiger partial charge >= 0.3 is 0 Å². The van der Waals surface area contributed by atoms with Crippen molar-refractivity contribution in [1.29, 1.82) is 0 Å². The molecule has 2 heterocycles. The van der Waals surface area contributed by atoms with Crippen molar-refractivity contribution in [3.63, 3.8) is 0 Å². The van der Waals surface area contributed by atoms with Crippen LogP contribution >= 0.6 is 0 Å². The van der Waals surface area contributed by atoms with E-state index in [2.05, 4.69) is 56.8 Å². The highest BCUT2D eigenvalue weighted by atomic mass is 16.1. The smallest absolute Gasteiger partial charge is 0.258 e. The van der Waals surface area contributed by atoms with E-state index in [4.69, 9.17) is 5.10 Å². The lowest BCUT2D eigenvalue weighted by Gasteiger charge is -2.23. The molecule has 0 aliphatic heterocycles. The summed E-state index contributed by atoms with van der Waals surface area (Å²) >= 11 is 0. The van der Waals surface area contributed by atoms with Crippen LogP contribution in [0.2, 0.25) is 0 Å². The second-order valence-corrected chi connectivity index (χ2v) is 9.68. The van der Waals surface area contributed by atoms with Gasteiger partial charge in [-0.15, -0.1) is 0 Å². The number of aryl methyl sites for hydroxylation is 1. The summed E-state index contributed by atoms with van der Waals surface area (Å²) < 4.78 is 1.87. The molecule has 3 aromatic rings. The summed E-state index contributed by atoms with van der Waals surface area (Å²) in [5.41, 5.74) is 1.10. The van der Waals surface area contributed by atoms with E-state index < -0.39 is 0 Å². The molecule has 0 aliphatic carbocycles. The number of anilines is 1. The fraction of sp³-hybridized carbons (Fsp3) is 0.478. The predicted molar refractivity (Wildman–Crippen MR) is 120 cm³/mol. The number of benzene rings is 1. The number of fused-ring (bicyclic) bond motifs is 1. The fourth-order valence-corrected chi connectivity index (χ4v) is 3.22. The Labute approximate surface area is 176 Å². The second kappa shape index (κ2) is 8.05. The van der Waals surface area contributed by atoms with E-state index in [1.54, 1.807) is 6.07 Å². The van der Waals surface area contributed by atoms with Crippen molar-refractivity contribution in [3.8, 4) is 0 Å². The fourth-order valence-electron chi connectivity index (χ4n) is 3.22. The zero-order valence-electron chi connectivity index (χ0n) is 18.7. The molecule has 7 nitrogen and oxygen atoms in total. The van der Waals surface area contributed by atoms with E-state index in [0.717, 1.165) is 5.69 Å². The van der Waals surface area contributed by atoms with E-state index in [1.165, 1.54) is 0 Å². The quantitative estimate of drug-likeness (QED) is 0.662. The van der Waals surface area contributed by atoms with Crippen LogP contribution in [0.4, 0.5) is 5.82 Å². The Hall–Kier alpha value is -2.96. The van der Waals surface area contributed by atoms with Crippen LogP contribution in [0.25, 0.3) is 10.9 Å². The number of amides is 1. The number of hydrogen-bond acceptors (Lipinski definition) is 4. The Kier molecular flexibility index (Phi) is 5.83. The van der Waals surface area contributed by atoms with Crippen molar-refractivity contribution in [2.45, 2.75) is 71.8 Å². The van der Waals surface area contributed by atoms with Crippen molar-refractivity contribution in [3.05, 3.63) is 52.2 Å². The third-order valence-electron chi connectivity index (χ3n) is 4.86. The first-order valence-corrected chi connectivity index (χ1v) is 10.3. The molecule has 0 aliphatic rings. The first-order chi connectivity index (χ1) is 13.9. The number of hydrogen-bond donors (Lipinski definition) is 2. The summed E-state index contributed by atoms with van der Waals surface area (Å²) in [4.78, 5) is 32.0. The molecule has 0 saturated heterocycles.